The van der Waals surface area contributed by atoms with Crippen molar-refractivity contribution in [2.75, 3.05) is 5.32 Å². The first kappa shape index (κ1) is 15.7. The summed E-state index contributed by atoms with van der Waals surface area (Å²) in [6.45, 7) is 0. The van der Waals surface area contributed by atoms with Crippen molar-refractivity contribution in [2.24, 2.45) is 0 Å². The van der Waals surface area contributed by atoms with Crippen LogP contribution in [-0.4, -0.2) is 17.0 Å². The molecule has 0 radical (unpaired) electrons. The van der Waals surface area contributed by atoms with Gasteiger partial charge in [-0.25, -0.2) is 4.79 Å². The maximum absolute atomic E-state index is 12.1. The highest BCUT2D eigenvalue weighted by Gasteiger charge is 2.15. The van der Waals surface area contributed by atoms with E-state index in [9.17, 15) is 9.59 Å². The molecule has 0 saturated heterocycles. The average Bonchev–Trinajstić information content (AvgIpc) is 2.70. The Kier molecular flexibility index (Phi) is 5.00. The van der Waals surface area contributed by atoms with Gasteiger partial charge in [-0.2, -0.15) is 0 Å². The molecule has 2 rings (SSSR count). The number of hydrogen-bond acceptors (Lipinski definition) is 3. The van der Waals surface area contributed by atoms with Crippen LogP contribution >= 0.6 is 59.1 Å². The van der Waals surface area contributed by atoms with E-state index in [2.05, 4.69) is 53.1 Å². The summed E-state index contributed by atoms with van der Waals surface area (Å²) in [6.07, 6.45) is 0. The van der Waals surface area contributed by atoms with Crippen LogP contribution in [0.2, 0.25) is 0 Å². The van der Waals surface area contributed by atoms with Crippen molar-refractivity contribution in [3.05, 3.63) is 47.4 Å². The number of halogens is 3. The highest BCUT2D eigenvalue weighted by atomic mass is 79.9. The second-order valence-corrected chi connectivity index (χ2v) is 8.30. The first-order chi connectivity index (χ1) is 9.38. The van der Waals surface area contributed by atoms with Gasteiger partial charge in [-0.15, -0.1) is 11.3 Å². The number of benzene rings is 1. The van der Waals surface area contributed by atoms with E-state index in [0.29, 0.717) is 15.7 Å². The fourth-order valence-corrected chi connectivity index (χ4v) is 4.71. The SMILES string of the molecule is O=C(O)c1ccc(NC(=O)c2cc(Br)sc2Br)c(Br)c1. The predicted molar refractivity (Wildman–Crippen MR) is 88.8 cm³/mol. The molecule has 0 spiro atoms. The lowest BCUT2D eigenvalue weighted by atomic mass is 10.2. The molecule has 2 aromatic rings. The molecule has 1 aromatic heterocycles. The number of hydrogen-bond donors (Lipinski definition) is 2. The molecule has 0 bridgehead atoms. The predicted octanol–water partition coefficient (Wildman–Crippen LogP) is 4.99. The van der Waals surface area contributed by atoms with Gasteiger partial charge in [-0.05, 0) is 72.1 Å². The molecule has 4 nitrogen and oxygen atoms in total. The van der Waals surface area contributed by atoms with Crippen LogP contribution < -0.4 is 5.32 Å². The van der Waals surface area contributed by atoms with Crippen LogP contribution in [0.1, 0.15) is 20.7 Å². The highest BCUT2D eigenvalue weighted by molar-refractivity contribution is 9.12. The molecule has 0 saturated carbocycles. The van der Waals surface area contributed by atoms with Crippen LogP contribution in [0.4, 0.5) is 5.69 Å². The Bertz CT molecular complexity index is 699. The molecule has 0 fully saturated rings. The smallest absolute Gasteiger partial charge is 0.335 e. The number of aromatic carboxylic acids is 1. The Balaban J connectivity index is 2.24. The second kappa shape index (κ2) is 6.38. The van der Waals surface area contributed by atoms with Gasteiger partial charge in [0.05, 0.1) is 24.4 Å². The molecular weight excluding hydrogens is 478 g/mol. The van der Waals surface area contributed by atoms with Gasteiger partial charge >= 0.3 is 5.97 Å². The van der Waals surface area contributed by atoms with Gasteiger partial charge < -0.3 is 10.4 Å². The third-order valence-electron chi connectivity index (χ3n) is 2.37. The standard InChI is InChI=1S/C12H6Br3NO3S/c13-7-3-5(12(18)19)1-2-8(7)16-11(17)6-4-9(14)20-10(6)15/h1-4H,(H,16,17)(H,18,19). The van der Waals surface area contributed by atoms with Crippen LogP contribution in [0, 0.1) is 0 Å². The van der Waals surface area contributed by atoms with Gasteiger partial charge in [-0.1, -0.05) is 0 Å². The van der Waals surface area contributed by atoms with Crippen molar-refractivity contribution < 1.29 is 14.7 Å². The molecule has 1 heterocycles. The first-order valence-electron chi connectivity index (χ1n) is 5.17. The number of anilines is 1. The van der Waals surface area contributed by atoms with E-state index in [1.165, 1.54) is 23.5 Å². The van der Waals surface area contributed by atoms with Crippen molar-refractivity contribution >= 4 is 76.7 Å². The van der Waals surface area contributed by atoms with Crippen molar-refractivity contribution in [3.63, 3.8) is 0 Å². The molecule has 20 heavy (non-hydrogen) atoms. The van der Waals surface area contributed by atoms with Crippen molar-refractivity contribution in [1.82, 2.24) is 0 Å². The third-order valence-corrected chi connectivity index (χ3v) is 5.36. The zero-order valence-electron chi connectivity index (χ0n) is 9.62. The molecule has 2 N–H and O–H groups in total. The van der Waals surface area contributed by atoms with Crippen molar-refractivity contribution in [2.45, 2.75) is 0 Å². The minimum Gasteiger partial charge on any atom is -0.478 e. The van der Waals surface area contributed by atoms with Crippen LogP contribution in [0.5, 0.6) is 0 Å². The number of carboxylic acid groups (broad SMARTS) is 1. The lowest BCUT2D eigenvalue weighted by molar-refractivity contribution is 0.0696. The summed E-state index contributed by atoms with van der Waals surface area (Å²) in [5.74, 6) is -1.30. The first-order valence-corrected chi connectivity index (χ1v) is 8.37. The van der Waals surface area contributed by atoms with Crippen LogP contribution in [-0.2, 0) is 0 Å². The lowest BCUT2D eigenvalue weighted by Crippen LogP contribution is -2.12. The maximum Gasteiger partial charge on any atom is 0.335 e. The fraction of sp³-hybridized carbons (Fsp3) is 0. The minimum atomic E-state index is -1.02. The van der Waals surface area contributed by atoms with E-state index in [0.717, 1.165) is 7.57 Å². The third kappa shape index (κ3) is 3.49. The molecular formula is C12H6Br3NO3S. The van der Waals surface area contributed by atoms with Crippen LogP contribution in [0.3, 0.4) is 0 Å². The lowest BCUT2D eigenvalue weighted by Gasteiger charge is -2.07. The second-order valence-electron chi connectivity index (χ2n) is 3.69. The Morgan fingerprint density at radius 2 is 1.85 bits per heavy atom. The Hall–Kier alpha value is -0.700. The zero-order chi connectivity index (χ0) is 14.9. The van der Waals surface area contributed by atoms with Crippen LogP contribution in [0.15, 0.2) is 36.3 Å². The molecule has 104 valence electrons. The Morgan fingerprint density at radius 3 is 2.35 bits per heavy atom. The fourth-order valence-electron chi connectivity index (χ4n) is 1.43. The molecule has 1 amide bonds. The van der Waals surface area contributed by atoms with E-state index < -0.39 is 5.97 Å². The number of carboxylic acids is 1. The van der Waals surface area contributed by atoms with Crippen molar-refractivity contribution in [1.29, 1.82) is 0 Å². The summed E-state index contributed by atoms with van der Waals surface area (Å²) < 4.78 is 2.08. The maximum atomic E-state index is 12.1. The van der Waals surface area contributed by atoms with E-state index in [4.69, 9.17) is 5.11 Å². The zero-order valence-corrected chi connectivity index (χ0v) is 15.2. The number of carbonyl (C=O) groups excluding carboxylic acids is 1. The van der Waals surface area contributed by atoms with E-state index in [1.807, 2.05) is 0 Å². The summed E-state index contributed by atoms with van der Waals surface area (Å²) >= 11 is 11.3. The minimum absolute atomic E-state index is 0.148. The number of amides is 1. The van der Waals surface area contributed by atoms with Crippen molar-refractivity contribution in [3.8, 4) is 0 Å². The van der Waals surface area contributed by atoms with E-state index in [-0.39, 0.29) is 11.5 Å². The van der Waals surface area contributed by atoms with Gasteiger partial charge in [-0.3, -0.25) is 4.79 Å². The average molecular weight is 484 g/mol. The Labute approximate surface area is 143 Å². The van der Waals surface area contributed by atoms with Gasteiger partial charge in [0, 0.05) is 4.47 Å². The highest BCUT2D eigenvalue weighted by Crippen LogP contribution is 2.33. The molecule has 0 unspecified atom stereocenters. The van der Waals surface area contributed by atoms with Gasteiger partial charge in [0.25, 0.3) is 5.91 Å². The number of rotatable bonds is 3. The monoisotopic (exact) mass is 481 g/mol. The quantitative estimate of drug-likeness (QED) is 0.646. The molecule has 0 aliphatic carbocycles. The van der Waals surface area contributed by atoms with Gasteiger partial charge in [0.15, 0.2) is 0 Å². The summed E-state index contributed by atoms with van der Waals surface area (Å²) in [4.78, 5) is 23.0. The largest absolute Gasteiger partial charge is 0.478 e. The van der Waals surface area contributed by atoms with Gasteiger partial charge in [0.1, 0.15) is 0 Å². The van der Waals surface area contributed by atoms with E-state index >= 15 is 0 Å². The number of thiophene rings is 1. The normalized spacial score (nSPS) is 10.3. The Morgan fingerprint density at radius 1 is 1.15 bits per heavy atom. The summed E-state index contributed by atoms with van der Waals surface area (Å²) in [6, 6.07) is 6.13. The molecule has 0 atom stereocenters. The summed E-state index contributed by atoms with van der Waals surface area (Å²) in [7, 11) is 0. The molecule has 0 aliphatic heterocycles. The summed E-state index contributed by atoms with van der Waals surface area (Å²) in [5.41, 5.74) is 1.17. The van der Waals surface area contributed by atoms with Gasteiger partial charge in [0.2, 0.25) is 0 Å². The number of nitrogens with one attached hydrogen (secondary N) is 1. The van der Waals surface area contributed by atoms with Crippen LogP contribution in [0.25, 0.3) is 0 Å². The van der Waals surface area contributed by atoms with E-state index in [1.54, 1.807) is 12.1 Å². The number of carbonyl (C=O) groups is 2. The molecule has 1 aromatic carbocycles. The topological polar surface area (TPSA) is 66.4 Å². The summed E-state index contributed by atoms with van der Waals surface area (Å²) in [5, 5.41) is 11.6. The molecule has 8 heteroatoms. The molecule has 0 aliphatic rings.